The van der Waals surface area contributed by atoms with E-state index < -0.39 is 205 Å². The zero-order valence-electron chi connectivity index (χ0n) is 75.7. The van der Waals surface area contributed by atoms with E-state index in [9.17, 15) is 93.3 Å². The van der Waals surface area contributed by atoms with Gasteiger partial charge in [-0.05, 0) is 147 Å². The lowest BCUT2D eigenvalue weighted by molar-refractivity contribution is -0.265. The molecule has 22 atom stereocenters. The number of amides is 4. The van der Waals surface area contributed by atoms with Crippen LogP contribution in [-0.2, 0) is 90.6 Å². The number of carboxylic acid groups (broad SMARTS) is 1. The van der Waals surface area contributed by atoms with Crippen molar-refractivity contribution in [3.63, 3.8) is 0 Å². The quantitative estimate of drug-likeness (QED) is 0.00756. The van der Waals surface area contributed by atoms with E-state index in [2.05, 4.69) is 16.0 Å². The molecule has 36 heteroatoms. The molecule has 11 N–H and O–H groups in total. The van der Waals surface area contributed by atoms with Gasteiger partial charge in [-0.25, -0.2) is 14.4 Å². The van der Waals surface area contributed by atoms with Gasteiger partial charge in [-0.1, -0.05) is 148 Å². The van der Waals surface area contributed by atoms with Crippen LogP contribution < -0.4 is 16.0 Å². The lowest BCUT2D eigenvalue weighted by Crippen LogP contribution is -2.61. The number of aliphatic hydroxyl groups is 7. The second-order valence-electron chi connectivity index (χ2n) is 34.5. The zero-order chi connectivity index (χ0) is 94.8. The first-order valence-corrected chi connectivity index (χ1v) is 48.0. The molecule has 0 aromatic heterocycles. The lowest BCUT2D eigenvalue weighted by atomic mass is 9.78. The summed E-state index contributed by atoms with van der Waals surface area (Å²) in [5.41, 5.74) is 5.28. The minimum atomic E-state index is -2.52. The van der Waals surface area contributed by atoms with Crippen LogP contribution in [0.4, 0.5) is 9.59 Å². The number of nitrogens with zero attached hydrogens (tertiary/aromatic N) is 1. The lowest BCUT2D eigenvalue weighted by Gasteiger charge is -2.42. The maximum Gasteiger partial charge on any atom is 0.508 e. The number of hydrogen-bond acceptors (Lipinski definition) is 31. The van der Waals surface area contributed by atoms with Gasteiger partial charge in [-0.15, -0.1) is 0 Å². The van der Waals surface area contributed by atoms with E-state index in [4.69, 9.17) is 47.7 Å². The summed E-state index contributed by atoms with van der Waals surface area (Å²) < 4.78 is 52.5. The molecular formula is C93H134N4O29S3. The van der Waals surface area contributed by atoms with Gasteiger partial charge in [-0.2, -0.15) is 0 Å². The number of benzene rings is 2. The molecule has 0 radical (unpaired) electrons. The number of thioether (sulfide) groups is 1. The Labute approximate surface area is 767 Å². The number of fused-ring (bicyclic) bond motifs is 6. The number of aliphatic carboxylic acids is 1. The molecular weight excluding hydrogens is 1730 g/mol. The van der Waals surface area contributed by atoms with Gasteiger partial charge < -0.3 is 104 Å². The van der Waals surface area contributed by atoms with Crippen LogP contribution in [-0.4, -0.2) is 292 Å². The summed E-state index contributed by atoms with van der Waals surface area (Å²) in [4.78, 5) is 166. The number of Topliss-reactive ketones (excluding diaryl/α,β-unsaturated/α-hetero) is 4. The molecule has 0 unspecified atom stereocenters. The highest BCUT2D eigenvalue weighted by molar-refractivity contribution is 8.76. The van der Waals surface area contributed by atoms with Gasteiger partial charge in [0.25, 0.3) is 11.7 Å². The van der Waals surface area contributed by atoms with Crippen molar-refractivity contribution >= 4 is 104 Å². The van der Waals surface area contributed by atoms with Crippen molar-refractivity contribution in [3.05, 3.63) is 107 Å². The average Bonchev–Trinajstić information content (AvgIpc) is 1.49. The third-order valence-electron chi connectivity index (χ3n) is 24.8. The Morgan fingerprint density at radius 1 is 0.713 bits per heavy atom. The standard InChI is InChI=1S/C93H134N4O29S3/c1-53-21-13-12-14-22-54(2)76(118-9)46-63-31-29-60(8)93(117,126-63)86(109)88(111)97-35-20-19-27-70(97)90(114)125-77(47-71(99)56(4)42-59(7)82(106)85(120-11)81(105)58(6)41-53)57(5)43-61-30-32-75(78(44-61)119-10)121-36-37-122-91(115)123-38-40-128-129-52-62(89(112)113)45-72(100)69(96-87(110)55(3)28-33-79(103)95-49-73(101)83(107)84(108)74(102)50-98)48-94-80(104)34-39-127-92(116)124-51-68-66-25-17-15-23-64(66)65-24-16-18-26-67(65)68/h12-18,21-26,42,53,55-58,60-63,68-70,73-78,82-85,98,101-102,106-108,117H,19-20,27-41,43-52H2,1-11H3,(H,94,104)(H,95,103)(H,96,110)(H,112,113)/b14-12?,21-13+,54-22?,59-42+/t53-,55+,56-,57-,58-,60-,61+,62+,63+,69+,70+,73+,74-,75-,76+,77+,78-,82-,83-,84-,85+,93-/m1/s1. The van der Waals surface area contributed by atoms with Crippen molar-refractivity contribution in [1.29, 1.82) is 0 Å². The number of carbonyl (C=O) groups is 12. The number of carboxylic acids is 1. The Balaban J connectivity index is 0.903. The van der Waals surface area contributed by atoms with Gasteiger partial charge >= 0.3 is 23.4 Å². The minimum Gasteiger partial charge on any atom is -0.481 e. The smallest absolute Gasteiger partial charge is 0.481 e. The molecule has 2 bridgehead atoms. The van der Waals surface area contributed by atoms with E-state index in [1.54, 1.807) is 48.0 Å². The summed E-state index contributed by atoms with van der Waals surface area (Å²) in [5.74, 6) is -15.7. The van der Waals surface area contributed by atoms with Crippen LogP contribution in [0.25, 0.3) is 11.1 Å². The molecule has 33 nitrogen and oxygen atoms in total. The molecule has 2 aromatic rings. The fraction of sp³-hybridized carbons (Fsp3) is 0.656. The van der Waals surface area contributed by atoms with E-state index in [0.29, 0.717) is 63.4 Å². The van der Waals surface area contributed by atoms with E-state index in [-0.39, 0.29) is 118 Å². The summed E-state index contributed by atoms with van der Waals surface area (Å²) in [6, 6.07) is 12.9. The van der Waals surface area contributed by atoms with Crippen LogP contribution in [0.2, 0.25) is 0 Å². The number of nitrogens with one attached hydrogen (secondary N) is 3. The number of allylic oxidation sites excluding steroid dienone is 6. The Hall–Kier alpha value is -7.79. The maximum absolute atomic E-state index is 14.8. The Morgan fingerprint density at radius 2 is 1.39 bits per heavy atom. The third-order valence-corrected chi connectivity index (χ3v) is 28.0. The molecule has 718 valence electrons. The normalized spacial score (nSPS) is 27.4. The maximum atomic E-state index is 14.8. The highest BCUT2D eigenvalue weighted by atomic mass is 33.1. The predicted octanol–water partition coefficient (Wildman–Crippen LogP) is 8.04. The van der Waals surface area contributed by atoms with E-state index in [1.165, 1.54) is 14.0 Å². The number of hydrogen-bond donors (Lipinski definition) is 11. The van der Waals surface area contributed by atoms with Gasteiger partial charge in [0, 0.05) is 120 Å². The number of ether oxygens (including phenoxy) is 9. The molecule has 2 aromatic carbocycles. The van der Waals surface area contributed by atoms with E-state index >= 15 is 0 Å². The van der Waals surface area contributed by atoms with Crippen LogP contribution in [0.5, 0.6) is 0 Å². The SMILES string of the molecule is CO[C@H]1C[C@@H]2CC[C@@H](C)[C@@](O)(O2)C(=O)C(=O)N2CCCC[C@H]2C(=O)O[C@H]([C@H](C)C[C@@H]2CC[C@@H](OCCOC(=O)OCCSSC[C@H](CC(=O)[C@H](CNC(=O)CCSC(=O)OCC3c4ccccc4-c4ccccc43)NC(=O)[C@@H](C)CCC(=O)NC[C@H](O)[C@@H](O)[C@H](O)[C@H](O)CO)C(=O)O)[C@H](OC)C2)CC(=O)[C@H](C)/C=C(\C)[C@@H](O)[C@@H](OC)C(=O)[C@H](C)C[C@H](C)/C=C/C=CC=C1C. The average molecular weight is 1870 g/mol. The molecule has 5 aliphatic rings. The molecule has 0 spiro atoms. The molecule has 7 rings (SSSR count). The van der Waals surface area contributed by atoms with Crippen LogP contribution in [0.15, 0.2) is 96.1 Å². The number of piperidine rings is 1. The Kier molecular flexibility index (Phi) is 45.6. The van der Waals surface area contributed by atoms with Crippen molar-refractivity contribution in [3.8, 4) is 11.1 Å². The number of rotatable bonds is 38. The fourth-order valence-corrected chi connectivity index (χ4v) is 19.5. The summed E-state index contributed by atoms with van der Waals surface area (Å²) in [7, 11) is 6.64. The van der Waals surface area contributed by atoms with E-state index in [1.807, 2.05) is 99.7 Å². The molecule has 4 amide bonds. The Morgan fingerprint density at radius 3 is 2.06 bits per heavy atom. The molecule has 1 saturated carbocycles. The van der Waals surface area contributed by atoms with Gasteiger partial charge in [0.2, 0.25) is 23.5 Å². The van der Waals surface area contributed by atoms with Crippen molar-refractivity contribution in [2.24, 2.45) is 47.3 Å². The number of carbonyl (C=O) groups excluding carboxylic acids is 11. The van der Waals surface area contributed by atoms with Crippen LogP contribution in [0.1, 0.15) is 175 Å². The van der Waals surface area contributed by atoms with Crippen molar-refractivity contribution in [2.75, 3.05) is 91.3 Å². The van der Waals surface area contributed by atoms with Gasteiger partial charge in [0.15, 0.2) is 11.6 Å². The highest BCUT2D eigenvalue weighted by Crippen LogP contribution is 2.45. The number of cyclic esters (lactones) is 1. The molecule has 3 heterocycles. The Bertz CT molecular complexity index is 4140. The monoisotopic (exact) mass is 1870 g/mol. The number of aliphatic hydroxyl groups excluding tert-OH is 6. The molecule has 2 saturated heterocycles. The highest BCUT2D eigenvalue weighted by Gasteiger charge is 2.54. The third kappa shape index (κ3) is 32.8. The molecule has 2 aliphatic carbocycles. The van der Waals surface area contributed by atoms with Crippen LogP contribution in [0, 0.1) is 47.3 Å². The number of methoxy groups -OCH3 is 3. The number of esters is 1. The topological polar surface area (TPSA) is 489 Å². The summed E-state index contributed by atoms with van der Waals surface area (Å²) in [6.45, 7) is 11.5. The second kappa shape index (κ2) is 54.4. The zero-order valence-corrected chi connectivity index (χ0v) is 78.1. The first kappa shape index (κ1) is 108. The first-order valence-electron chi connectivity index (χ1n) is 44.5. The largest absolute Gasteiger partial charge is 0.508 e. The van der Waals surface area contributed by atoms with Crippen LogP contribution >= 0.6 is 33.3 Å². The second-order valence-corrected chi connectivity index (χ2v) is 38.1. The predicted molar refractivity (Wildman–Crippen MR) is 481 cm³/mol. The van der Waals surface area contributed by atoms with Crippen molar-refractivity contribution < 1.29 is 141 Å². The molecule has 3 fully saturated rings. The molecule has 129 heavy (non-hydrogen) atoms. The first-order chi connectivity index (χ1) is 61.4. The fourth-order valence-electron chi connectivity index (χ4n) is 16.8. The van der Waals surface area contributed by atoms with Gasteiger partial charge in [0.1, 0.15) is 74.3 Å². The number of ketones is 4. The summed E-state index contributed by atoms with van der Waals surface area (Å²) >= 11 is 0.773. The minimum absolute atomic E-state index is 0.00293. The van der Waals surface area contributed by atoms with Crippen molar-refractivity contribution in [2.45, 2.75) is 249 Å². The van der Waals surface area contributed by atoms with Crippen molar-refractivity contribution in [1.82, 2.24) is 20.9 Å². The summed E-state index contributed by atoms with van der Waals surface area (Å²) in [6.07, 6.45) is -0.133. The summed E-state index contributed by atoms with van der Waals surface area (Å²) in [5, 5.41) is 90.0. The molecule has 3 aliphatic heterocycles. The van der Waals surface area contributed by atoms with E-state index in [0.717, 1.165) is 66.1 Å². The van der Waals surface area contributed by atoms with Gasteiger partial charge in [-0.3, -0.25) is 43.2 Å². The van der Waals surface area contributed by atoms with Crippen LogP contribution in [0.3, 0.4) is 0 Å². The van der Waals surface area contributed by atoms with Gasteiger partial charge in [0.05, 0.1) is 49.7 Å².